The van der Waals surface area contributed by atoms with E-state index in [1.165, 1.54) is 0 Å². The number of aromatic nitrogens is 3. The van der Waals surface area contributed by atoms with Crippen molar-refractivity contribution >= 4 is 17.6 Å². The summed E-state index contributed by atoms with van der Waals surface area (Å²) in [5, 5.41) is 0. The Hall–Kier alpha value is -2.44. The summed E-state index contributed by atoms with van der Waals surface area (Å²) in [6, 6.07) is 2.21. The number of carbonyl (C=O) groups is 2. The number of hydrogen-bond acceptors (Lipinski definition) is 4. The van der Waals surface area contributed by atoms with Gasteiger partial charge in [0.05, 0.1) is 0 Å². The zero-order valence-electron chi connectivity index (χ0n) is 14.1. The molecule has 3 fully saturated rings. The van der Waals surface area contributed by atoms with E-state index in [0.717, 1.165) is 45.1 Å². The van der Waals surface area contributed by atoms with Gasteiger partial charge in [0, 0.05) is 37.7 Å². The highest BCUT2D eigenvalue weighted by Crippen LogP contribution is 2.42. The molecule has 1 spiro atoms. The summed E-state index contributed by atoms with van der Waals surface area (Å²) in [4.78, 5) is 38.8. The fourth-order valence-corrected chi connectivity index (χ4v) is 4.48. The van der Waals surface area contributed by atoms with Crippen LogP contribution in [0.4, 0.5) is 0 Å². The summed E-state index contributed by atoms with van der Waals surface area (Å²) in [5.41, 5.74) is -0.280. The highest BCUT2D eigenvalue weighted by atomic mass is 16.2. The second-order valence-electron chi connectivity index (χ2n) is 7.38. The highest BCUT2D eigenvalue weighted by Gasteiger charge is 2.55. The topological polar surface area (TPSA) is 70.8 Å². The Bertz CT molecular complexity index is 825. The predicted molar refractivity (Wildman–Crippen MR) is 90.0 cm³/mol. The molecular formula is C18H21N5O2. The van der Waals surface area contributed by atoms with Crippen LogP contribution in [0.25, 0.3) is 5.78 Å². The zero-order chi connectivity index (χ0) is 17.0. The molecule has 1 unspecified atom stereocenters. The maximum atomic E-state index is 13.2. The van der Waals surface area contributed by atoms with Gasteiger partial charge in [0.15, 0.2) is 0 Å². The smallest absolute Gasteiger partial charge is 0.275 e. The Kier molecular flexibility index (Phi) is 3.14. The first-order valence-corrected chi connectivity index (χ1v) is 9.12. The molecule has 4 heterocycles. The molecule has 2 amide bonds. The van der Waals surface area contributed by atoms with Crippen molar-refractivity contribution in [2.24, 2.45) is 0 Å². The van der Waals surface area contributed by atoms with E-state index in [0.29, 0.717) is 24.1 Å². The number of carbonyl (C=O) groups excluding carboxylic acids is 2. The third kappa shape index (κ3) is 2.18. The van der Waals surface area contributed by atoms with Crippen molar-refractivity contribution in [1.82, 2.24) is 24.2 Å². The van der Waals surface area contributed by atoms with Gasteiger partial charge in [-0.3, -0.25) is 14.0 Å². The Morgan fingerprint density at radius 1 is 1.20 bits per heavy atom. The van der Waals surface area contributed by atoms with Crippen molar-refractivity contribution in [2.75, 3.05) is 13.1 Å². The van der Waals surface area contributed by atoms with Crippen LogP contribution in [0.1, 0.15) is 49.0 Å². The Labute approximate surface area is 145 Å². The lowest BCUT2D eigenvalue weighted by Gasteiger charge is -2.44. The van der Waals surface area contributed by atoms with Crippen molar-refractivity contribution in [1.29, 1.82) is 0 Å². The van der Waals surface area contributed by atoms with E-state index in [4.69, 9.17) is 0 Å². The molecule has 1 aliphatic carbocycles. The molecule has 0 N–H and O–H groups in total. The predicted octanol–water partition coefficient (Wildman–Crippen LogP) is 1.49. The van der Waals surface area contributed by atoms with Gasteiger partial charge < -0.3 is 9.80 Å². The molecule has 5 rings (SSSR count). The average molecular weight is 339 g/mol. The lowest BCUT2D eigenvalue weighted by Crippen LogP contribution is -2.61. The van der Waals surface area contributed by atoms with Crippen LogP contribution in [0.3, 0.4) is 0 Å². The molecule has 0 bridgehead atoms. The number of fused-ring (bicyclic) bond motifs is 1. The third-order valence-electron chi connectivity index (χ3n) is 5.82. The molecular weight excluding hydrogens is 318 g/mol. The summed E-state index contributed by atoms with van der Waals surface area (Å²) in [7, 11) is 0. The number of rotatable bonds is 2. The number of hydrogen-bond donors (Lipinski definition) is 0. The number of imidazole rings is 1. The molecule has 7 heteroatoms. The van der Waals surface area contributed by atoms with Crippen molar-refractivity contribution < 1.29 is 9.59 Å². The first-order valence-electron chi connectivity index (χ1n) is 9.12. The van der Waals surface area contributed by atoms with Gasteiger partial charge in [0.1, 0.15) is 11.2 Å². The van der Waals surface area contributed by atoms with Crippen LogP contribution >= 0.6 is 0 Å². The van der Waals surface area contributed by atoms with E-state index in [1.807, 2.05) is 11.1 Å². The van der Waals surface area contributed by atoms with Gasteiger partial charge in [-0.05, 0) is 44.6 Å². The summed E-state index contributed by atoms with van der Waals surface area (Å²) < 4.78 is 1.75. The molecule has 1 saturated carbocycles. The average Bonchev–Trinajstić information content (AvgIpc) is 3.23. The van der Waals surface area contributed by atoms with E-state index in [9.17, 15) is 9.59 Å². The summed E-state index contributed by atoms with van der Waals surface area (Å²) in [5.74, 6) is 0.525. The Morgan fingerprint density at radius 3 is 2.76 bits per heavy atom. The minimum Gasteiger partial charge on any atom is -0.338 e. The van der Waals surface area contributed by atoms with E-state index in [1.54, 1.807) is 27.8 Å². The Morgan fingerprint density at radius 2 is 2.00 bits per heavy atom. The minimum absolute atomic E-state index is 0.144. The van der Waals surface area contributed by atoms with E-state index < -0.39 is 5.54 Å². The van der Waals surface area contributed by atoms with Gasteiger partial charge in [-0.25, -0.2) is 9.97 Å². The number of piperidine rings is 1. The number of nitrogens with zero attached hydrogens (tertiary/aromatic N) is 5. The molecule has 2 aromatic rings. The third-order valence-corrected chi connectivity index (χ3v) is 5.82. The van der Waals surface area contributed by atoms with Crippen molar-refractivity contribution in [3.05, 3.63) is 30.4 Å². The van der Waals surface area contributed by atoms with E-state index in [-0.39, 0.29) is 11.8 Å². The second-order valence-corrected chi connectivity index (χ2v) is 7.38. The number of likely N-dealkylation sites (tertiary alicyclic amines) is 2. The van der Waals surface area contributed by atoms with Crippen molar-refractivity contribution in [3.8, 4) is 0 Å². The lowest BCUT2D eigenvalue weighted by molar-refractivity contribution is -0.146. The standard InChI is InChI=1S/C18H21N5O2/c24-15(14-12-21-9-3-8-19-17(21)20-14)23-11-2-7-18(23)6-1-10-22(16(18)25)13-4-5-13/h3,8-9,12-13H,1-2,4-7,10-11H2. The SMILES string of the molecule is O=C(c1cn2cccnc2n1)N1CCCC12CCCN(C1CC1)C2=O. The fraction of sp³-hybridized carbons (Fsp3) is 0.556. The second kappa shape index (κ2) is 5.28. The summed E-state index contributed by atoms with van der Waals surface area (Å²) in [6.07, 6.45) is 10.8. The first kappa shape index (κ1) is 14.9. The first-order chi connectivity index (χ1) is 12.2. The molecule has 2 aliphatic heterocycles. The molecule has 2 saturated heterocycles. The zero-order valence-corrected chi connectivity index (χ0v) is 14.1. The molecule has 7 nitrogen and oxygen atoms in total. The molecule has 2 aromatic heterocycles. The van der Waals surface area contributed by atoms with Crippen LogP contribution in [0.5, 0.6) is 0 Å². The van der Waals surface area contributed by atoms with Gasteiger partial charge in [0.2, 0.25) is 11.7 Å². The lowest BCUT2D eigenvalue weighted by atomic mass is 9.85. The van der Waals surface area contributed by atoms with Gasteiger partial charge >= 0.3 is 0 Å². The molecule has 3 aliphatic rings. The molecule has 0 radical (unpaired) electrons. The molecule has 1 atom stereocenters. The molecule has 130 valence electrons. The van der Waals surface area contributed by atoms with Crippen LogP contribution in [0, 0.1) is 0 Å². The number of amides is 2. The van der Waals surface area contributed by atoms with Crippen LogP contribution in [0.2, 0.25) is 0 Å². The maximum Gasteiger partial charge on any atom is 0.275 e. The summed E-state index contributed by atoms with van der Waals surface area (Å²) >= 11 is 0. The monoisotopic (exact) mass is 339 g/mol. The van der Waals surface area contributed by atoms with Gasteiger partial charge in [-0.1, -0.05) is 0 Å². The largest absolute Gasteiger partial charge is 0.338 e. The minimum atomic E-state index is -0.652. The van der Waals surface area contributed by atoms with Crippen LogP contribution < -0.4 is 0 Å². The molecule has 25 heavy (non-hydrogen) atoms. The quantitative estimate of drug-likeness (QED) is 0.831. The Balaban J connectivity index is 1.49. The van der Waals surface area contributed by atoms with Crippen LogP contribution in [0.15, 0.2) is 24.7 Å². The van der Waals surface area contributed by atoms with Gasteiger partial charge in [-0.2, -0.15) is 0 Å². The maximum absolute atomic E-state index is 13.2. The van der Waals surface area contributed by atoms with Gasteiger partial charge in [0.25, 0.3) is 5.91 Å². The van der Waals surface area contributed by atoms with Crippen molar-refractivity contribution in [3.63, 3.8) is 0 Å². The fourth-order valence-electron chi connectivity index (χ4n) is 4.48. The highest BCUT2D eigenvalue weighted by molar-refractivity contribution is 5.99. The normalized spacial score (nSPS) is 26.8. The van der Waals surface area contributed by atoms with E-state index in [2.05, 4.69) is 9.97 Å². The van der Waals surface area contributed by atoms with Crippen LogP contribution in [-0.4, -0.2) is 60.7 Å². The van der Waals surface area contributed by atoms with Gasteiger partial charge in [-0.15, -0.1) is 0 Å². The molecule has 0 aromatic carbocycles. The van der Waals surface area contributed by atoms with E-state index >= 15 is 0 Å². The van der Waals surface area contributed by atoms with Crippen molar-refractivity contribution in [2.45, 2.75) is 50.1 Å². The summed E-state index contributed by atoms with van der Waals surface area (Å²) in [6.45, 7) is 1.47. The van der Waals surface area contributed by atoms with Crippen LogP contribution in [-0.2, 0) is 4.79 Å².